The summed E-state index contributed by atoms with van der Waals surface area (Å²) >= 11 is 0. The lowest BCUT2D eigenvalue weighted by atomic mass is 10.1. The molecule has 0 saturated carbocycles. The summed E-state index contributed by atoms with van der Waals surface area (Å²) in [6.45, 7) is 4.47. The number of nitrogens with two attached hydrogens (primary N) is 1. The van der Waals surface area contributed by atoms with Gasteiger partial charge < -0.3 is 10.5 Å². The standard InChI is InChI=1S/C14H17N3O/c1-10(2)18-14-8-7-13(16-17-14)12-5-3-11(9-15)4-6-12/h3-8,10H,9,15H2,1-2H3. The van der Waals surface area contributed by atoms with E-state index in [1.165, 1.54) is 0 Å². The van der Waals surface area contributed by atoms with E-state index in [0.29, 0.717) is 12.4 Å². The smallest absolute Gasteiger partial charge is 0.233 e. The molecule has 0 saturated heterocycles. The Kier molecular flexibility index (Phi) is 3.89. The van der Waals surface area contributed by atoms with Crippen molar-refractivity contribution in [3.05, 3.63) is 42.0 Å². The lowest BCUT2D eigenvalue weighted by Crippen LogP contribution is -2.07. The zero-order valence-corrected chi connectivity index (χ0v) is 10.6. The van der Waals surface area contributed by atoms with E-state index in [0.717, 1.165) is 16.8 Å². The van der Waals surface area contributed by atoms with Gasteiger partial charge in [-0.2, -0.15) is 0 Å². The molecule has 0 amide bonds. The van der Waals surface area contributed by atoms with E-state index >= 15 is 0 Å². The van der Waals surface area contributed by atoms with Gasteiger partial charge in [0.25, 0.3) is 0 Å². The van der Waals surface area contributed by atoms with Crippen LogP contribution in [0.5, 0.6) is 5.88 Å². The lowest BCUT2D eigenvalue weighted by Gasteiger charge is -2.08. The summed E-state index contributed by atoms with van der Waals surface area (Å²) in [6, 6.07) is 11.7. The minimum absolute atomic E-state index is 0.106. The van der Waals surface area contributed by atoms with Crippen LogP contribution in [0.2, 0.25) is 0 Å². The van der Waals surface area contributed by atoms with Gasteiger partial charge in [0.15, 0.2) is 0 Å². The molecule has 94 valence electrons. The summed E-state index contributed by atoms with van der Waals surface area (Å²) in [5, 5.41) is 8.19. The molecule has 0 atom stereocenters. The molecule has 0 aliphatic rings. The van der Waals surface area contributed by atoms with Gasteiger partial charge in [-0.1, -0.05) is 24.3 Å². The van der Waals surface area contributed by atoms with Crippen molar-refractivity contribution in [3.8, 4) is 17.1 Å². The Hall–Kier alpha value is -1.94. The van der Waals surface area contributed by atoms with E-state index in [1.807, 2.05) is 50.2 Å². The molecule has 1 aromatic heterocycles. The molecule has 18 heavy (non-hydrogen) atoms. The molecule has 4 heteroatoms. The van der Waals surface area contributed by atoms with Gasteiger partial charge in [0.1, 0.15) is 0 Å². The van der Waals surface area contributed by atoms with Gasteiger partial charge in [-0.15, -0.1) is 10.2 Å². The van der Waals surface area contributed by atoms with Crippen LogP contribution in [0.4, 0.5) is 0 Å². The Balaban J connectivity index is 2.17. The van der Waals surface area contributed by atoms with Crippen LogP contribution in [0, 0.1) is 0 Å². The summed E-state index contributed by atoms with van der Waals surface area (Å²) in [5.41, 5.74) is 8.52. The van der Waals surface area contributed by atoms with Crippen molar-refractivity contribution in [1.82, 2.24) is 10.2 Å². The van der Waals surface area contributed by atoms with Gasteiger partial charge in [-0.25, -0.2) is 0 Å². The van der Waals surface area contributed by atoms with Gasteiger partial charge in [-0.05, 0) is 25.5 Å². The van der Waals surface area contributed by atoms with Crippen LogP contribution in [0.1, 0.15) is 19.4 Å². The van der Waals surface area contributed by atoms with Crippen molar-refractivity contribution in [2.75, 3.05) is 0 Å². The normalized spacial score (nSPS) is 10.7. The fraction of sp³-hybridized carbons (Fsp3) is 0.286. The highest BCUT2D eigenvalue weighted by Crippen LogP contribution is 2.18. The molecule has 0 radical (unpaired) electrons. The van der Waals surface area contributed by atoms with E-state index in [2.05, 4.69) is 10.2 Å². The topological polar surface area (TPSA) is 61.0 Å². The van der Waals surface area contributed by atoms with Gasteiger partial charge in [0.05, 0.1) is 11.8 Å². The predicted molar refractivity (Wildman–Crippen MR) is 71.1 cm³/mol. The predicted octanol–water partition coefficient (Wildman–Crippen LogP) is 2.39. The van der Waals surface area contributed by atoms with Crippen molar-refractivity contribution >= 4 is 0 Å². The molecule has 1 aromatic carbocycles. The number of nitrogens with zero attached hydrogens (tertiary/aromatic N) is 2. The average molecular weight is 243 g/mol. The van der Waals surface area contributed by atoms with Crippen molar-refractivity contribution in [2.24, 2.45) is 5.73 Å². The third-order valence-corrected chi connectivity index (χ3v) is 2.48. The second kappa shape index (κ2) is 5.60. The summed E-state index contributed by atoms with van der Waals surface area (Å²) in [7, 11) is 0. The molecule has 0 aliphatic heterocycles. The van der Waals surface area contributed by atoms with E-state index in [-0.39, 0.29) is 6.10 Å². The molecule has 0 aliphatic carbocycles. The van der Waals surface area contributed by atoms with E-state index in [1.54, 1.807) is 0 Å². The molecule has 2 N–H and O–H groups in total. The number of hydrogen-bond donors (Lipinski definition) is 1. The minimum Gasteiger partial charge on any atom is -0.474 e. The average Bonchev–Trinajstić information content (AvgIpc) is 2.39. The molecule has 2 aromatic rings. The van der Waals surface area contributed by atoms with Crippen LogP contribution in [0.3, 0.4) is 0 Å². The summed E-state index contributed by atoms with van der Waals surface area (Å²) < 4.78 is 5.45. The first-order chi connectivity index (χ1) is 8.69. The maximum atomic E-state index is 5.56. The van der Waals surface area contributed by atoms with E-state index in [9.17, 15) is 0 Å². The minimum atomic E-state index is 0.106. The third kappa shape index (κ3) is 3.05. The SMILES string of the molecule is CC(C)Oc1ccc(-c2ccc(CN)cc2)nn1. The molecule has 0 fully saturated rings. The first-order valence-corrected chi connectivity index (χ1v) is 5.99. The molecule has 2 rings (SSSR count). The van der Waals surface area contributed by atoms with Crippen molar-refractivity contribution < 1.29 is 4.74 Å². The van der Waals surface area contributed by atoms with Crippen molar-refractivity contribution in [1.29, 1.82) is 0 Å². The fourth-order valence-electron chi connectivity index (χ4n) is 1.59. The number of aromatic nitrogens is 2. The number of rotatable bonds is 4. The zero-order chi connectivity index (χ0) is 13.0. The Bertz CT molecular complexity index is 491. The maximum Gasteiger partial charge on any atom is 0.233 e. The Morgan fingerprint density at radius 3 is 2.28 bits per heavy atom. The van der Waals surface area contributed by atoms with Crippen LogP contribution >= 0.6 is 0 Å². The second-order valence-electron chi connectivity index (χ2n) is 4.32. The highest BCUT2D eigenvalue weighted by Gasteiger charge is 2.03. The first kappa shape index (κ1) is 12.5. The number of hydrogen-bond acceptors (Lipinski definition) is 4. The van der Waals surface area contributed by atoms with Gasteiger partial charge in [0, 0.05) is 18.2 Å². The maximum absolute atomic E-state index is 5.56. The van der Waals surface area contributed by atoms with Gasteiger partial charge in [-0.3, -0.25) is 0 Å². The molecular weight excluding hydrogens is 226 g/mol. The Morgan fingerprint density at radius 2 is 1.78 bits per heavy atom. The number of benzene rings is 1. The summed E-state index contributed by atoms with van der Waals surface area (Å²) in [4.78, 5) is 0. The van der Waals surface area contributed by atoms with Crippen LogP contribution < -0.4 is 10.5 Å². The summed E-state index contributed by atoms with van der Waals surface area (Å²) in [5.74, 6) is 0.548. The molecule has 0 spiro atoms. The lowest BCUT2D eigenvalue weighted by molar-refractivity contribution is 0.230. The van der Waals surface area contributed by atoms with Crippen molar-refractivity contribution in [2.45, 2.75) is 26.5 Å². The van der Waals surface area contributed by atoms with E-state index in [4.69, 9.17) is 10.5 Å². The van der Waals surface area contributed by atoms with Crippen LogP contribution in [0.15, 0.2) is 36.4 Å². The van der Waals surface area contributed by atoms with Gasteiger partial charge in [0.2, 0.25) is 5.88 Å². The Labute approximate surface area is 107 Å². The molecule has 0 bridgehead atoms. The third-order valence-electron chi connectivity index (χ3n) is 2.48. The summed E-state index contributed by atoms with van der Waals surface area (Å²) in [6.07, 6.45) is 0.106. The van der Waals surface area contributed by atoms with E-state index < -0.39 is 0 Å². The molecule has 0 unspecified atom stereocenters. The zero-order valence-electron chi connectivity index (χ0n) is 10.6. The monoisotopic (exact) mass is 243 g/mol. The fourth-order valence-corrected chi connectivity index (χ4v) is 1.59. The molecule has 1 heterocycles. The highest BCUT2D eigenvalue weighted by molar-refractivity contribution is 5.58. The first-order valence-electron chi connectivity index (χ1n) is 5.99. The van der Waals surface area contributed by atoms with Crippen LogP contribution in [-0.2, 0) is 6.54 Å². The van der Waals surface area contributed by atoms with Crippen LogP contribution in [-0.4, -0.2) is 16.3 Å². The molecule has 4 nitrogen and oxygen atoms in total. The molecular formula is C14H17N3O. The number of ether oxygens (including phenoxy) is 1. The van der Waals surface area contributed by atoms with Crippen molar-refractivity contribution in [3.63, 3.8) is 0 Å². The quantitative estimate of drug-likeness (QED) is 0.895. The second-order valence-corrected chi connectivity index (χ2v) is 4.32. The van der Waals surface area contributed by atoms with Crippen LogP contribution in [0.25, 0.3) is 11.3 Å². The van der Waals surface area contributed by atoms with Gasteiger partial charge >= 0.3 is 0 Å². The Morgan fingerprint density at radius 1 is 1.06 bits per heavy atom. The highest BCUT2D eigenvalue weighted by atomic mass is 16.5. The largest absolute Gasteiger partial charge is 0.474 e.